The largest absolute Gasteiger partial charge is 0.416 e. The van der Waals surface area contributed by atoms with Gasteiger partial charge in [0.2, 0.25) is 5.91 Å². The normalized spacial score (nSPS) is 11.1. The van der Waals surface area contributed by atoms with Gasteiger partial charge in [0.1, 0.15) is 0 Å². The summed E-state index contributed by atoms with van der Waals surface area (Å²) in [7, 11) is 0. The van der Waals surface area contributed by atoms with Crippen LogP contribution in [0.5, 0.6) is 0 Å². The molecule has 6 heteroatoms. The van der Waals surface area contributed by atoms with Gasteiger partial charge in [-0.05, 0) is 65.6 Å². The van der Waals surface area contributed by atoms with E-state index in [1.807, 2.05) is 12.1 Å². The van der Waals surface area contributed by atoms with Crippen LogP contribution in [0.2, 0.25) is 0 Å². The summed E-state index contributed by atoms with van der Waals surface area (Å²) >= 11 is 0. The van der Waals surface area contributed by atoms with Crippen LogP contribution in [0.3, 0.4) is 0 Å². The van der Waals surface area contributed by atoms with E-state index >= 15 is 0 Å². The summed E-state index contributed by atoms with van der Waals surface area (Å²) in [4.78, 5) is 17.9. The molecule has 0 aliphatic carbocycles. The number of aromatic nitrogens is 1. The molecule has 2 aromatic carbocycles. The second-order valence-electron chi connectivity index (χ2n) is 6.42. The molecular weight excluding hydrogens is 377 g/mol. The molecule has 0 aliphatic rings. The highest BCUT2D eigenvalue weighted by molar-refractivity contribution is 6.01. The van der Waals surface area contributed by atoms with Gasteiger partial charge in [-0.3, -0.25) is 9.78 Å². The summed E-state index contributed by atoms with van der Waals surface area (Å²) in [6.07, 6.45) is 0.962. The molecular formula is C23H19F3N2O. The van der Waals surface area contributed by atoms with E-state index in [1.54, 1.807) is 41.6 Å². The maximum absolute atomic E-state index is 12.7. The van der Waals surface area contributed by atoms with Crippen molar-refractivity contribution in [2.24, 2.45) is 0 Å². The number of carbonyl (C=O) groups excluding carboxylic acids is 1. The van der Waals surface area contributed by atoms with Crippen molar-refractivity contribution in [3.8, 4) is 11.1 Å². The number of anilines is 1. The van der Waals surface area contributed by atoms with Crippen molar-refractivity contribution in [2.75, 3.05) is 11.4 Å². The van der Waals surface area contributed by atoms with Gasteiger partial charge >= 0.3 is 6.18 Å². The smallest absolute Gasteiger partial charge is 0.309 e. The molecule has 0 spiro atoms. The number of rotatable bonds is 6. The maximum Gasteiger partial charge on any atom is 0.416 e. The molecule has 0 atom stereocenters. The monoisotopic (exact) mass is 396 g/mol. The number of alkyl halides is 3. The van der Waals surface area contributed by atoms with E-state index in [1.165, 1.54) is 18.2 Å². The third-order valence-electron chi connectivity index (χ3n) is 4.54. The van der Waals surface area contributed by atoms with E-state index in [2.05, 4.69) is 11.6 Å². The molecule has 0 bridgehead atoms. The summed E-state index contributed by atoms with van der Waals surface area (Å²) in [5.41, 5.74) is 2.50. The maximum atomic E-state index is 12.7. The van der Waals surface area contributed by atoms with E-state index in [9.17, 15) is 18.0 Å². The summed E-state index contributed by atoms with van der Waals surface area (Å²) in [5, 5.41) is 0. The van der Waals surface area contributed by atoms with Gasteiger partial charge in [0.25, 0.3) is 0 Å². The van der Waals surface area contributed by atoms with Crippen LogP contribution in [-0.4, -0.2) is 17.4 Å². The van der Waals surface area contributed by atoms with Gasteiger partial charge in [-0.1, -0.05) is 30.8 Å². The number of amides is 1. The number of halogens is 3. The highest BCUT2D eigenvalue weighted by Gasteiger charge is 2.29. The van der Waals surface area contributed by atoms with Crippen LogP contribution in [0.15, 0.2) is 85.7 Å². The predicted octanol–water partition coefficient (Wildman–Crippen LogP) is 5.53. The van der Waals surface area contributed by atoms with Gasteiger partial charge in [0, 0.05) is 24.6 Å². The van der Waals surface area contributed by atoms with Crippen molar-refractivity contribution in [1.29, 1.82) is 0 Å². The van der Waals surface area contributed by atoms with E-state index in [0.29, 0.717) is 24.2 Å². The van der Waals surface area contributed by atoms with Crippen LogP contribution >= 0.6 is 0 Å². The number of nitrogens with zero attached hydrogens (tertiary/aromatic N) is 2. The van der Waals surface area contributed by atoms with Crippen LogP contribution in [0.4, 0.5) is 18.9 Å². The highest BCUT2D eigenvalue weighted by Crippen LogP contribution is 2.31. The Morgan fingerprint density at radius 3 is 2.00 bits per heavy atom. The molecule has 0 N–H and O–H groups in total. The lowest BCUT2D eigenvalue weighted by atomic mass is 10.0. The molecule has 3 nitrogen and oxygen atoms in total. The molecule has 29 heavy (non-hydrogen) atoms. The molecule has 0 aliphatic heterocycles. The second-order valence-corrected chi connectivity index (χ2v) is 6.42. The third kappa shape index (κ3) is 5.10. The first-order valence-corrected chi connectivity index (χ1v) is 8.99. The Labute approximate surface area is 167 Å². The average Bonchev–Trinajstić information content (AvgIpc) is 2.74. The molecule has 0 saturated carbocycles. The zero-order chi connectivity index (χ0) is 20.9. The lowest BCUT2D eigenvalue weighted by Crippen LogP contribution is -2.31. The minimum absolute atomic E-state index is 0.221. The topological polar surface area (TPSA) is 33.2 Å². The van der Waals surface area contributed by atoms with Crippen molar-refractivity contribution in [2.45, 2.75) is 12.6 Å². The number of hydrogen-bond acceptors (Lipinski definition) is 2. The fraction of sp³-hybridized carbons (Fsp3) is 0.130. The number of pyridine rings is 1. The van der Waals surface area contributed by atoms with Crippen molar-refractivity contribution in [1.82, 2.24) is 4.98 Å². The molecule has 0 radical (unpaired) electrons. The lowest BCUT2D eigenvalue weighted by Gasteiger charge is -2.22. The van der Waals surface area contributed by atoms with Gasteiger partial charge < -0.3 is 4.90 Å². The van der Waals surface area contributed by atoms with Crippen LogP contribution in [-0.2, 0) is 17.4 Å². The average molecular weight is 396 g/mol. The first kappa shape index (κ1) is 20.3. The summed E-state index contributed by atoms with van der Waals surface area (Å²) in [6.45, 7) is 4.03. The SMILES string of the molecule is C=CC(=O)N(CCc1ccncc1)c1ccc(-c2ccc(C(F)(F)F)cc2)cc1. The summed E-state index contributed by atoms with van der Waals surface area (Å²) in [6, 6.07) is 15.9. The minimum atomic E-state index is -4.36. The van der Waals surface area contributed by atoms with Gasteiger partial charge in [0.05, 0.1) is 5.56 Å². The third-order valence-corrected chi connectivity index (χ3v) is 4.54. The lowest BCUT2D eigenvalue weighted by molar-refractivity contribution is -0.137. The highest BCUT2D eigenvalue weighted by atomic mass is 19.4. The Bertz CT molecular complexity index is 966. The molecule has 148 valence electrons. The van der Waals surface area contributed by atoms with Gasteiger partial charge in [-0.25, -0.2) is 0 Å². The number of hydrogen-bond donors (Lipinski definition) is 0. The Hall–Kier alpha value is -3.41. The van der Waals surface area contributed by atoms with Crippen molar-refractivity contribution >= 4 is 11.6 Å². The number of benzene rings is 2. The van der Waals surface area contributed by atoms with Crippen molar-refractivity contribution in [3.05, 3.63) is 96.8 Å². The van der Waals surface area contributed by atoms with Crippen LogP contribution < -0.4 is 4.90 Å². The Balaban J connectivity index is 1.78. The number of carbonyl (C=O) groups is 1. The zero-order valence-corrected chi connectivity index (χ0v) is 15.6. The van der Waals surface area contributed by atoms with Crippen molar-refractivity contribution in [3.63, 3.8) is 0 Å². The Kier molecular flexibility index (Phi) is 6.12. The molecule has 0 fully saturated rings. The molecule has 0 saturated heterocycles. The standard InChI is InChI=1S/C23H19F3N2O/c1-2-22(29)28(16-13-17-11-14-27-15-12-17)21-9-5-19(6-10-21)18-3-7-20(8-4-18)23(24,25)26/h2-12,14-15H,1,13,16H2. The molecule has 3 aromatic rings. The van der Waals surface area contributed by atoms with E-state index in [0.717, 1.165) is 23.3 Å². The summed E-state index contributed by atoms with van der Waals surface area (Å²) in [5.74, 6) is -0.221. The van der Waals surface area contributed by atoms with Crippen molar-refractivity contribution < 1.29 is 18.0 Å². The zero-order valence-electron chi connectivity index (χ0n) is 15.6. The van der Waals surface area contributed by atoms with Gasteiger partial charge in [0.15, 0.2) is 0 Å². The molecule has 0 unspecified atom stereocenters. The minimum Gasteiger partial charge on any atom is -0.309 e. The van der Waals surface area contributed by atoms with E-state index in [4.69, 9.17) is 0 Å². The molecule has 1 aromatic heterocycles. The van der Waals surface area contributed by atoms with E-state index in [-0.39, 0.29) is 5.91 Å². The Morgan fingerprint density at radius 2 is 1.48 bits per heavy atom. The van der Waals surface area contributed by atoms with Gasteiger partial charge in [-0.2, -0.15) is 13.2 Å². The van der Waals surface area contributed by atoms with E-state index < -0.39 is 11.7 Å². The molecule has 3 rings (SSSR count). The van der Waals surface area contributed by atoms with Crippen LogP contribution in [0.1, 0.15) is 11.1 Å². The first-order chi connectivity index (χ1) is 13.9. The van der Waals surface area contributed by atoms with Crippen LogP contribution in [0, 0.1) is 0 Å². The summed E-state index contributed by atoms with van der Waals surface area (Å²) < 4.78 is 38.2. The molecule has 1 amide bonds. The predicted molar refractivity (Wildman–Crippen MR) is 107 cm³/mol. The Morgan fingerprint density at radius 1 is 0.931 bits per heavy atom. The second kappa shape index (κ2) is 8.73. The fourth-order valence-corrected chi connectivity index (χ4v) is 2.95. The fourth-order valence-electron chi connectivity index (χ4n) is 2.95. The molecule has 1 heterocycles. The van der Waals surface area contributed by atoms with Crippen LogP contribution in [0.25, 0.3) is 11.1 Å². The first-order valence-electron chi connectivity index (χ1n) is 8.99. The quantitative estimate of drug-likeness (QED) is 0.514. The van der Waals surface area contributed by atoms with Gasteiger partial charge in [-0.15, -0.1) is 0 Å².